The van der Waals surface area contributed by atoms with Crippen LogP contribution in [0, 0.1) is 17.2 Å². The second-order valence-corrected chi connectivity index (χ2v) is 6.89. The van der Waals surface area contributed by atoms with E-state index in [2.05, 4.69) is 13.0 Å². The van der Waals surface area contributed by atoms with Crippen LogP contribution in [0.25, 0.3) is 0 Å². The number of nitrogens with zero attached hydrogens (tertiary/aromatic N) is 1. The van der Waals surface area contributed by atoms with Gasteiger partial charge in [-0.2, -0.15) is 5.26 Å². The Morgan fingerprint density at radius 3 is 2.84 bits per heavy atom. The number of benzene rings is 1. The lowest BCUT2D eigenvalue weighted by molar-refractivity contribution is 0.196. The molecule has 1 aromatic rings. The molecule has 0 saturated heterocycles. The van der Waals surface area contributed by atoms with Gasteiger partial charge >= 0.3 is 0 Å². The van der Waals surface area contributed by atoms with Crippen molar-refractivity contribution in [1.82, 2.24) is 0 Å². The highest BCUT2D eigenvalue weighted by Crippen LogP contribution is 2.39. The van der Waals surface area contributed by atoms with Gasteiger partial charge in [0.15, 0.2) is 0 Å². The SMILES string of the molecule is CC1CCCC(Sc2cc(C#N)ccc2C(C)O)C1. The third kappa shape index (κ3) is 3.75. The van der Waals surface area contributed by atoms with E-state index in [9.17, 15) is 5.11 Å². The molecule has 2 nitrogen and oxygen atoms in total. The Hall–Kier alpha value is -0.980. The fraction of sp³-hybridized carbons (Fsp3) is 0.562. The summed E-state index contributed by atoms with van der Waals surface area (Å²) in [4.78, 5) is 1.08. The Balaban J connectivity index is 2.19. The average Bonchev–Trinajstić information content (AvgIpc) is 2.38. The van der Waals surface area contributed by atoms with Crippen molar-refractivity contribution in [3.8, 4) is 6.07 Å². The van der Waals surface area contributed by atoms with Crippen LogP contribution in [0.1, 0.15) is 56.8 Å². The van der Waals surface area contributed by atoms with E-state index in [1.54, 1.807) is 13.0 Å². The van der Waals surface area contributed by atoms with E-state index in [1.807, 2.05) is 23.9 Å². The first-order valence-corrected chi connectivity index (χ1v) is 7.87. The number of hydrogen-bond donors (Lipinski definition) is 1. The Morgan fingerprint density at radius 2 is 2.21 bits per heavy atom. The lowest BCUT2D eigenvalue weighted by atomic mass is 9.91. The van der Waals surface area contributed by atoms with Gasteiger partial charge in [-0.15, -0.1) is 11.8 Å². The summed E-state index contributed by atoms with van der Waals surface area (Å²) in [5.74, 6) is 0.792. The van der Waals surface area contributed by atoms with Crippen LogP contribution in [-0.2, 0) is 0 Å². The van der Waals surface area contributed by atoms with Crippen molar-refractivity contribution in [3.63, 3.8) is 0 Å². The Morgan fingerprint density at radius 1 is 1.42 bits per heavy atom. The number of nitriles is 1. The van der Waals surface area contributed by atoms with Crippen LogP contribution in [0.2, 0.25) is 0 Å². The summed E-state index contributed by atoms with van der Waals surface area (Å²) >= 11 is 1.84. The second-order valence-electron chi connectivity index (χ2n) is 5.55. The minimum Gasteiger partial charge on any atom is -0.389 e. The number of aliphatic hydroxyl groups is 1. The Bertz CT molecular complexity index is 478. The molecule has 102 valence electrons. The van der Waals surface area contributed by atoms with Crippen molar-refractivity contribution >= 4 is 11.8 Å². The summed E-state index contributed by atoms with van der Waals surface area (Å²) in [6, 6.07) is 7.78. The molecule has 19 heavy (non-hydrogen) atoms. The van der Waals surface area contributed by atoms with E-state index in [0.717, 1.165) is 16.4 Å². The molecule has 1 aromatic carbocycles. The molecule has 0 amide bonds. The molecule has 3 unspecified atom stereocenters. The van der Waals surface area contributed by atoms with Crippen molar-refractivity contribution in [2.45, 2.75) is 55.8 Å². The predicted octanol–water partition coefficient (Wildman–Crippen LogP) is 4.28. The van der Waals surface area contributed by atoms with Gasteiger partial charge in [-0.1, -0.05) is 25.8 Å². The lowest BCUT2D eigenvalue weighted by Crippen LogP contribution is -2.15. The summed E-state index contributed by atoms with van der Waals surface area (Å²) in [6.45, 7) is 4.10. The standard InChI is InChI=1S/C16H21NOS/c1-11-4-3-5-14(8-11)19-16-9-13(10-17)6-7-15(16)12(2)18/h6-7,9,11-12,14,18H,3-5,8H2,1-2H3. The summed E-state index contributed by atoms with van der Waals surface area (Å²) in [6.07, 6.45) is 4.63. The van der Waals surface area contributed by atoms with Gasteiger partial charge in [-0.05, 0) is 43.4 Å². The normalized spacial score (nSPS) is 24.7. The van der Waals surface area contributed by atoms with Crippen molar-refractivity contribution in [2.24, 2.45) is 5.92 Å². The molecule has 0 aromatic heterocycles. The van der Waals surface area contributed by atoms with E-state index >= 15 is 0 Å². The molecule has 0 radical (unpaired) electrons. The zero-order valence-corrected chi connectivity index (χ0v) is 12.4. The van der Waals surface area contributed by atoms with Crippen LogP contribution < -0.4 is 0 Å². The summed E-state index contributed by atoms with van der Waals surface area (Å²) < 4.78 is 0. The largest absolute Gasteiger partial charge is 0.389 e. The highest BCUT2D eigenvalue weighted by atomic mass is 32.2. The molecule has 0 heterocycles. The quantitative estimate of drug-likeness (QED) is 0.895. The third-order valence-corrected chi connectivity index (χ3v) is 5.14. The van der Waals surface area contributed by atoms with E-state index in [4.69, 9.17) is 5.26 Å². The molecular weight excluding hydrogens is 254 g/mol. The van der Waals surface area contributed by atoms with E-state index in [1.165, 1.54) is 25.7 Å². The van der Waals surface area contributed by atoms with Gasteiger partial charge in [0.25, 0.3) is 0 Å². The van der Waals surface area contributed by atoms with Crippen LogP contribution >= 0.6 is 11.8 Å². The maximum Gasteiger partial charge on any atom is 0.0992 e. The van der Waals surface area contributed by atoms with Crippen molar-refractivity contribution in [3.05, 3.63) is 29.3 Å². The summed E-state index contributed by atoms with van der Waals surface area (Å²) in [7, 11) is 0. The molecule has 1 fully saturated rings. The van der Waals surface area contributed by atoms with Crippen molar-refractivity contribution in [2.75, 3.05) is 0 Å². The maximum atomic E-state index is 9.85. The first-order chi connectivity index (χ1) is 9.10. The molecule has 3 atom stereocenters. The van der Waals surface area contributed by atoms with Crippen LogP contribution in [0.4, 0.5) is 0 Å². The van der Waals surface area contributed by atoms with E-state index < -0.39 is 6.10 Å². The Labute approximate surface area is 119 Å². The molecule has 0 bridgehead atoms. The molecular formula is C16H21NOS. The minimum atomic E-state index is -0.476. The maximum absolute atomic E-state index is 9.85. The molecule has 0 spiro atoms. The van der Waals surface area contributed by atoms with Crippen LogP contribution in [-0.4, -0.2) is 10.4 Å². The van der Waals surface area contributed by atoms with Crippen LogP contribution in [0.15, 0.2) is 23.1 Å². The van der Waals surface area contributed by atoms with Gasteiger partial charge in [0.1, 0.15) is 0 Å². The lowest BCUT2D eigenvalue weighted by Gasteiger charge is -2.27. The molecule has 1 aliphatic rings. The minimum absolute atomic E-state index is 0.476. The number of rotatable bonds is 3. The zero-order valence-electron chi connectivity index (χ0n) is 11.6. The molecule has 0 aliphatic heterocycles. The predicted molar refractivity (Wildman–Crippen MR) is 79.1 cm³/mol. The van der Waals surface area contributed by atoms with Gasteiger partial charge in [-0.3, -0.25) is 0 Å². The van der Waals surface area contributed by atoms with Crippen LogP contribution in [0.5, 0.6) is 0 Å². The van der Waals surface area contributed by atoms with Gasteiger partial charge in [-0.25, -0.2) is 0 Å². The third-order valence-electron chi connectivity index (χ3n) is 3.77. The monoisotopic (exact) mass is 275 g/mol. The summed E-state index contributed by atoms with van der Waals surface area (Å²) in [5, 5.41) is 19.5. The molecule has 1 N–H and O–H groups in total. The topological polar surface area (TPSA) is 44.0 Å². The fourth-order valence-corrected chi connectivity index (χ4v) is 4.35. The van der Waals surface area contributed by atoms with Crippen LogP contribution in [0.3, 0.4) is 0 Å². The molecule has 3 heteroatoms. The number of aliphatic hydroxyl groups excluding tert-OH is 1. The highest BCUT2D eigenvalue weighted by Gasteiger charge is 2.21. The molecule has 1 saturated carbocycles. The zero-order chi connectivity index (χ0) is 13.8. The first-order valence-electron chi connectivity index (χ1n) is 6.99. The van der Waals surface area contributed by atoms with E-state index in [-0.39, 0.29) is 0 Å². The second kappa shape index (κ2) is 6.45. The van der Waals surface area contributed by atoms with Crippen molar-refractivity contribution < 1.29 is 5.11 Å². The Kier molecular flexibility index (Phi) is 4.90. The fourth-order valence-electron chi connectivity index (χ4n) is 2.72. The average molecular weight is 275 g/mol. The van der Waals surface area contributed by atoms with Gasteiger partial charge < -0.3 is 5.11 Å². The molecule has 1 aliphatic carbocycles. The van der Waals surface area contributed by atoms with E-state index in [0.29, 0.717) is 10.8 Å². The van der Waals surface area contributed by atoms with Crippen molar-refractivity contribution in [1.29, 1.82) is 5.26 Å². The molecule has 2 rings (SSSR count). The summed E-state index contributed by atoms with van der Waals surface area (Å²) in [5.41, 5.74) is 1.62. The highest BCUT2D eigenvalue weighted by molar-refractivity contribution is 8.00. The smallest absolute Gasteiger partial charge is 0.0992 e. The first kappa shape index (κ1) is 14.4. The van der Waals surface area contributed by atoms with Gasteiger partial charge in [0, 0.05) is 10.1 Å². The number of hydrogen-bond acceptors (Lipinski definition) is 3. The van der Waals surface area contributed by atoms with Gasteiger partial charge in [0.05, 0.1) is 17.7 Å². The van der Waals surface area contributed by atoms with Gasteiger partial charge in [0.2, 0.25) is 0 Å². The number of thioether (sulfide) groups is 1.